The van der Waals surface area contributed by atoms with Gasteiger partial charge in [0.15, 0.2) is 11.2 Å². The number of aryl methyl sites for hydroxylation is 1. The molecule has 0 saturated heterocycles. The normalized spacial score (nSPS) is 12.6. The van der Waals surface area contributed by atoms with E-state index in [9.17, 15) is 9.59 Å². The summed E-state index contributed by atoms with van der Waals surface area (Å²) < 4.78 is 9.81. The number of fused-ring (bicyclic) bond motifs is 1. The van der Waals surface area contributed by atoms with Crippen LogP contribution < -0.4 is 11.2 Å². The molecule has 0 bridgehead atoms. The summed E-state index contributed by atoms with van der Waals surface area (Å²) in [5.41, 5.74) is 0.585. The van der Waals surface area contributed by atoms with E-state index >= 15 is 0 Å². The van der Waals surface area contributed by atoms with Gasteiger partial charge in [-0.15, -0.1) is 10.2 Å². The highest BCUT2D eigenvalue weighted by atomic mass is 16.4. The van der Waals surface area contributed by atoms with E-state index in [1.54, 1.807) is 11.6 Å². The molecule has 0 aliphatic heterocycles. The first-order valence-corrected chi connectivity index (χ1v) is 8.00. The standard InChI is InChI=1S/C17H16N6O3/c1-10(14-19-20-15(26-14)11-7-5-4-6-8-11)23-9-18-13-12(23)16(24)22(3)17(25)21(13)2/h4-10H,1-3H3/t10-/m1/s1. The quantitative estimate of drug-likeness (QED) is 0.547. The van der Waals surface area contributed by atoms with Gasteiger partial charge in [0.1, 0.15) is 6.04 Å². The van der Waals surface area contributed by atoms with Crippen molar-refractivity contribution in [2.75, 3.05) is 0 Å². The number of rotatable bonds is 3. The van der Waals surface area contributed by atoms with E-state index in [0.717, 1.165) is 10.1 Å². The molecule has 26 heavy (non-hydrogen) atoms. The van der Waals surface area contributed by atoms with E-state index in [1.165, 1.54) is 17.9 Å². The van der Waals surface area contributed by atoms with Crippen molar-refractivity contribution in [3.63, 3.8) is 0 Å². The Labute approximate surface area is 147 Å². The third-order valence-electron chi connectivity index (χ3n) is 4.41. The molecule has 3 heterocycles. The van der Waals surface area contributed by atoms with E-state index in [-0.39, 0.29) is 0 Å². The van der Waals surface area contributed by atoms with Crippen molar-refractivity contribution < 1.29 is 4.42 Å². The highest BCUT2D eigenvalue weighted by Gasteiger charge is 2.22. The van der Waals surface area contributed by atoms with E-state index in [4.69, 9.17) is 4.42 Å². The van der Waals surface area contributed by atoms with Gasteiger partial charge in [0.2, 0.25) is 11.8 Å². The summed E-state index contributed by atoms with van der Waals surface area (Å²) in [5, 5.41) is 8.18. The number of hydrogen-bond donors (Lipinski definition) is 0. The molecule has 0 N–H and O–H groups in total. The second-order valence-corrected chi connectivity index (χ2v) is 6.02. The van der Waals surface area contributed by atoms with Crippen LogP contribution in [0.1, 0.15) is 18.9 Å². The fourth-order valence-corrected chi connectivity index (χ4v) is 2.88. The van der Waals surface area contributed by atoms with Crippen LogP contribution in [0.3, 0.4) is 0 Å². The fraction of sp³-hybridized carbons (Fsp3) is 0.235. The Bertz CT molecular complexity index is 1220. The van der Waals surface area contributed by atoms with Gasteiger partial charge >= 0.3 is 5.69 Å². The summed E-state index contributed by atoms with van der Waals surface area (Å²) in [7, 11) is 3.01. The van der Waals surface area contributed by atoms with Crippen LogP contribution in [-0.4, -0.2) is 28.9 Å². The molecule has 0 spiro atoms. The molecule has 9 nitrogen and oxygen atoms in total. The van der Waals surface area contributed by atoms with Gasteiger partial charge in [0, 0.05) is 19.7 Å². The number of aromatic nitrogens is 6. The van der Waals surface area contributed by atoms with Crippen molar-refractivity contribution in [1.82, 2.24) is 28.9 Å². The molecule has 9 heteroatoms. The van der Waals surface area contributed by atoms with Crippen molar-refractivity contribution in [2.45, 2.75) is 13.0 Å². The fourth-order valence-electron chi connectivity index (χ4n) is 2.88. The largest absolute Gasteiger partial charge is 0.418 e. The second-order valence-electron chi connectivity index (χ2n) is 6.02. The summed E-state index contributed by atoms with van der Waals surface area (Å²) in [5.74, 6) is 0.747. The van der Waals surface area contributed by atoms with Gasteiger partial charge in [-0.05, 0) is 19.1 Å². The molecule has 1 aromatic carbocycles. The summed E-state index contributed by atoms with van der Waals surface area (Å²) in [6, 6.07) is 9.00. The first-order valence-electron chi connectivity index (χ1n) is 8.00. The molecule has 132 valence electrons. The number of imidazole rings is 1. The monoisotopic (exact) mass is 352 g/mol. The van der Waals surface area contributed by atoms with Crippen LogP contribution in [0.15, 0.2) is 50.7 Å². The molecule has 3 aromatic heterocycles. The van der Waals surface area contributed by atoms with Gasteiger partial charge in [0.05, 0.1) is 6.33 Å². The van der Waals surface area contributed by atoms with Crippen molar-refractivity contribution >= 4 is 11.2 Å². The Morgan fingerprint density at radius 2 is 1.77 bits per heavy atom. The molecule has 0 saturated carbocycles. The molecule has 0 radical (unpaired) electrons. The summed E-state index contributed by atoms with van der Waals surface area (Å²) in [6.45, 7) is 1.83. The van der Waals surface area contributed by atoms with Crippen molar-refractivity contribution in [3.05, 3.63) is 63.4 Å². The maximum atomic E-state index is 12.6. The van der Waals surface area contributed by atoms with Gasteiger partial charge < -0.3 is 8.98 Å². The number of benzene rings is 1. The molecule has 1 atom stereocenters. The van der Waals surface area contributed by atoms with Crippen LogP contribution in [-0.2, 0) is 14.1 Å². The number of hydrogen-bond acceptors (Lipinski definition) is 6. The smallest absolute Gasteiger partial charge is 0.332 e. The zero-order valence-corrected chi connectivity index (χ0v) is 14.4. The predicted octanol–water partition coefficient (Wildman–Crippen LogP) is 1.09. The van der Waals surface area contributed by atoms with E-state index in [2.05, 4.69) is 15.2 Å². The van der Waals surface area contributed by atoms with Gasteiger partial charge in [-0.3, -0.25) is 13.9 Å². The highest BCUT2D eigenvalue weighted by Crippen LogP contribution is 2.24. The summed E-state index contributed by atoms with van der Waals surface area (Å²) in [4.78, 5) is 28.8. The minimum atomic E-state index is -0.426. The van der Waals surface area contributed by atoms with Crippen LogP contribution in [0, 0.1) is 0 Å². The lowest BCUT2D eigenvalue weighted by molar-refractivity contribution is 0.442. The molecule has 0 aliphatic carbocycles. The first-order chi connectivity index (χ1) is 12.5. The van der Waals surface area contributed by atoms with Crippen molar-refractivity contribution in [2.24, 2.45) is 14.1 Å². The van der Waals surface area contributed by atoms with E-state index in [1.807, 2.05) is 37.3 Å². The van der Waals surface area contributed by atoms with Gasteiger partial charge in [0.25, 0.3) is 5.56 Å². The van der Waals surface area contributed by atoms with E-state index < -0.39 is 17.3 Å². The Morgan fingerprint density at radius 3 is 2.50 bits per heavy atom. The molecule has 0 fully saturated rings. The molecular formula is C17H16N6O3. The SMILES string of the molecule is C[C@H](c1nnc(-c2ccccc2)o1)n1cnc2c1c(=O)n(C)c(=O)n2C. The van der Waals surface area contributed by atoms with Crippen molar-refractivity contribution in [3.8, 4) is 11.5 Å². The molecule has 4 rings (SSSR count). The lowest BCUT2D eigenvalue weighted by Crippen LogP contribution is -2.37. The zero-order chi connectivity index (χ0) is 18.4. The van der Waals surface area contributed by atoms with Crippen LogP contribution in [0.4, 0.5) is 0 Å². The molecular weight excluding hydrogens is 336 g/mol. The molecule has 0 unspecified atom stereocenters. The second kappa shape index (κ2) is 5.80. The van der Waals surface area contributed by atoms with Crippen LogP contribution in [0.5, 0.6) is 0 Å². The highest BCUT2D eigenvalue weighted by molar-refractivity contribution is 5.70. The molecule has 4 aromatic rings. The third-order valence-corrected chi connectivity index (χ3v) is 4.41. The zero-order valence-electron chi connectivity index (χ0n) is 14.4. The minimum absolute atomic E-state index is 0.307. The first kappa shape index (κ1) is 16.0. The third kappa shape index (κ3) is 2.28. The topological polar surface area (TPSA) is 101 Å². The Hall–Kier alpha value is -3.49. The average molecular weight is 352 g/mol. The van der Waals surface area contributed by atoms with Gasteiger partial charge in [-0.25, -0.2) is 9.78 Å². The molecule has 0 amide bonds. The van der Waals surface area contributed by atoms with Crippen LogP contribution >= 0.6 is 0 Å². The average Bonchev–Trinajstić information content (AvgIpc) is 3.32. The van der Waals surface area contributed by atoms with Crippen LogP contribution in [0.2, 0.25) is 0 Å². The lowest BCUT2D eigenvalue weighted by atomic mass is 10.2. The van der Waals surface area contributed by atoms with Crippen LogP contribution in [0.25, 0.3) is 22.6 Å². The minimum Gasteiger partial charge on any atom is -0.418 e. The maximum absolute atomic E-state index is 12.6. The Morgan fingerprint density at radius 1 is 1.04 bits per heavy atom. The number of nitrogens with zero attached hydrogens (tertiary/aromatic N) is 6. The summed E-state index contributed by atoms with van der Waals surface area (Å²) >= 11 is 0. The van der Waals surface area contributed by atoms with E-state index in [0.29, 0.717) is 22.9 Å². The van der Waals surface area contributed by atoms with Gasteiger partial charge in [-0.1, -0.05) is 18.2 Å². The van der Waals surface area contributed by atoms with Gasteiger partial charge in [-0.2, -0.15) is 0 Å². The molecule has 0 aliphatic rings. The Balaban J connectivity index is 1.83. The maximum Gasteiger partial charge on any atom is 0.332 e. The van der Waals surface area contributed by atoms with Crippen molar-refractivity contribution in [1.29, 1.82) is 0 Å². The predicted molar refractivity (Wildman–Crippen MR) is 93.8 cm³/mol. The lowest BCUT2D eigenvalue weighted by Gasteiger charge is -2.10. The Kier molecular flexibility index (Phi) is 3.57. The summed E-state index contributed by atoms with van der Waals surface area (Å²) in [6.07, 6.45) is 1.50.